The molecule has 1 unspecified atom stereocenters. The third-order valence-corrected chi connectivity index (χ3v) is 3.62. The van der Waals surface area contributed by atoms with Crippen molar-refractivity contribution >= 4 is 15.9 Å². The molecule has 0 aromatic heterocycles. The van der Waals surface area contributed by atoms with Gasteiger partial charge >= 0.3 is 5.70 Å². The molecule has 6 nitrogen and oxygen atoms in total. The molecule has 0 bridgehead atoms. The van der Waals surface area contributed by atoms with E-state index in [1.807, 2.05) is 42.3 Å². The molecule has 0 fully saturated rings. The third kappa shape index (κ3) is 3.36. The molecular formula is C13H17BrN4O2. The SMILES string of the molecule is CCCN1NC(Br)=C([N+](=O)[O-])C1NCc1ccccc1. The zero-order valence-corrected chi connectivity index (χ0v) is 12.8. The van der Waals surface area contributed by atoms with E-state index in [0.29, 0.717) is 11.2 Å². The molecule has 0 radical (unpaired) electrons. The minimum Gasteiger partial charge on any atom is -0.305 e. The Morgan fingerprint density at radius 2 is 2.15 bits per heavy atom. The average Bonchev–Trinajstić information content (AvgIpc) is 2.74. The summed E-state index contributed by atoms with van der Waals surface area (Å²) < 4.78 is 0.418. The summed E-state index contributed by atoms with van der Waals surface area (Å²) in [5, 5.41) is 16.3. The summed E-state index contributed by atoms with van der Waals surface area (Å²) in [7, 11) is 0. The van der Waals surface area contributed by atoms with Crippen LogP contribution in [0.15, 0.2) is 40.6 Å². The first-order valence-corrected chi connectivity index (χ1v) is 7.27. The zero-order valence-electron chi connectivity index (χ0n) is 11.2. The van der Waals surface area contributed by atoms with E-state index in [1.165, 1.54) is 0 Å². The fraction of sp³-hybridized carbons (Fsp3) is 0.385. The standard InChI is InChI=1S/C13H17BrN4O2/c1-2-8-17-13(11(18(19)20)12(14)16-17)15-9-10-6-4-3-5-7-10/h3-7,13,15-16H,2,8-9H2,1H3. The maximum Gasteiger partial charge on any atom is 0.310 e. The van der Waals surface area contributed by atoms with Gasteiger partial charge in [0.05, 0.1) is 4.92 Å². The molecule has 0 amide bonds. The fourth-order valence-electron chi connectivity index (χ4n) is 2.14. The normalized spacial score (nSPS) is 19.2. The summed E-state index contributed by atoms with van der Waals surface area (Å²) >= 11 is 3.23. The summed E-state index contributed by atoms with van der Waals surface area (Å²) in [5.41, 5.74) is 4.21. The van der Waals surface area contributed by atoms with E-state index in [9.17, 15) is 10.1 Å². The maximum atomic E-state index is 11.2. The third-order valence-electron chi connectivity index (χ3n) is 3.04. The zero-order chi connectivity index (χ0) is 14.5. The number of hydrogen-bond donors (Lipinski definition) is 2. The summed E-state index contributed by atoms with van der Waals surface area (Å²) in [4.78, 5) is 10.8. The minimum absolute atomic E-state index is 0.120. The predicted octanol–water partition coefficient (Wildman–Crippen LogP) is 2.17. The van der Waals surface area contributed by atoms with Crippen molar-refractivity contribution in [1.29, 1.82) is 0 Å². The smallest absolute Gasteiger partial charge is 0.305 e. The summed E-state index contributed by atoms with van der Waals surface area (Å²) in [6.45, 7) is 3.33. The van der Waals surface area contributed by atoms with Crippen LogP contribution in [0, 0.1) is 10.1 Å². The van der Waals surface area contributed by atoms with Crippen LogP contribution in [0.3, 0.4) is 0 Å². The van der Waals surface area contributed by atoms with E-state index in [4.69, 9.17) is 0 Å². The Labute approximate surface area is 126 Å². The molecule has 0 saturated carbocycles. The molecule has 0 spiro atoms. The lowest BCUT2D eigenvalue weighted by molar-refractivity contribution is -0.432. The van der Waals surface area contributed by atoms with Crippen LogP contribution in [0.4, 0.5) is 0 Å². The van der Waals surface area contributed by atoms with E-state index >= 15 is 0 Å². The van der Waals surface area contributed by atoms with Crippen LogP contribution in [0.25, 0.3) is 0 Å². The molecule has 1 atom stereocenters. The topological polar surface area (TPSA) is 70.4 Å². The van der Waals surface area contributed by atoms with Gasteiger partial charge in [0.2, 0.25) is 0 Å². The van der Waals surface area contributed by atoms with Crippen LogP contribution in [-0.2, 0) is 6.54 Å². The number of rotatable bonds is 6. The number of hydrogen-bond acceptors (Lipinski definition) is 5. The number of benzene rings is 1. The van der Waals surface area contributed by atoms with Gasteiger partial charge in [0.15, 0.2) is 10.8 Å². The first-order valence-electron chi connectivity index (χ1n) is 6.48. The lowest BCUT2D eigenvalue weighted by Gasteiger charge is -2.23. The van der Waals surface area contributed by atoms with Crippen molar-refractivity contribution in [1.82, 2.24) is 15.8 Å². The van der Waals surface area contributed by atoms with Gasteiger partial charge in [-0.15, -0.1) is 0 Å². The molecule has 108 valence electrons. The van der Waals surface area contributed by atoms with Crippen LogP contribution in [0.2, 0.25) is 0 Å². The van der Waals surface area contributed by atoms with E-state index in [1.54, 1.807) is 0 Å². The Morgan fingerprint density at radius 1 is 1.45 bits per heavy atom. The molecule has 1 heterocycles. The highest BCUT2D eigenvalue weighted by atomic mass is 79.9. The van der Waals surface area contributed by atoms with Crippen LogP contribution in [-0.4, -0.2) is 22.6 Å². The Bertz CT molecular complexity index is 506. The Hall–Kier alpha value is -1.44. The highest BCUT2D eigenvalue weighted by molar-refractivity contribution is 9.11. The van der Waals surface area contributed by atoms with Gasteiger partial charge in [0.25, 0.3) is 0 Å². The first-order chi connectivity index (χ1) is 9.63. The fourth-order valence-corrected chi connectivity index (χ4v) is 2.73. The average molecular weight is 341 g/mol. The molecule has 1 aliphatic rings. The van der Waals surface area contributed by atoms with Gasteiger partial charge < -0.3 is 5.43 Å². The van der Waals surface area contributed by atoms with Crippen LogP contribution in [0.5, 0.6) is 0 Å². The molecule has 1 aromatic carbocycles. The second-order valence-corrected chi connectivity index (χ2v) is 5.32. The molecule has 2 rings (SSSR count). The van der Waals surface area contributed by atoms with Gasteiger partial charge in [0, 0.05) is 13.1 Å². The Balaban J connectivity index is 2.10. The lowest BCUT2D eigenvalue weighted by atomic mass is 10.2. The Morgan fingerprint density at radius 3 is 2.75 bits per heavy atom. The van der Waals surface area contributed by atoms with Gasteiger partial charge in [-0.3, -0.25) is 15.4 Å². The molecule has 7 heteroatoms. The number of hydrazine groups is 1. The van der Waals surface area contributed by atoms with Crippen molar-refractivity contribution in [2.75, 3.05) is 6.54 Å². The summed E-state index contributed by atoms with van der Waals surface area (Å²) in [6.07, 6.45) is 0.460. The number of nitro groups is 1. The van der Waals surface area contributed by atoms with Crippen molar-refractivity contribution in [3.8, 4) is 0 Å². The van der Waals surface area contributed by atoms with Crippen LogP contribution in [0.1, 0.15) is 18.9 Å². The molecule has 0 saturated heterocycles. The summed E-state index contributed by atoms with van der Waals surface area (Å²) in [6, 6.07) is 9.83. The van der Waals surface area contributed by atoms with E-state index in [-0.39, 0.29) is 10.6 Å². The van der Waals surface area contributed by atoms with Gasteiger partial charge in [0.1, 0.15) is 0 Å². The molecule has 1 aliphatic heterocycles. The second kappa shape index (κ2) is 6.83. The molecule has 20 heavy (non-hydrogen) atoms. The van der Waals surface area contributed by atoms with E-state index < -0.39 is 6.17 Å². The number of nitrogens with one attached hydrogen (secondary N) is 2. The molecule has 1 aromatic rings. The van der Waals surface area contributed by atoms with Crippen molar-refractivity contribution in [3.63, 3.8) is 0 Å². The number of nitrogens with zero attached hydrogens (tertiary/aromatic N) is 2. The maximum absolute atomic E-state index is 11.2. The minimum atomic E-state index is -0.445. The number of halogens is 1. The van der Waals surface area contributed by atoms with Gasteiger partial charge in [-0.05, 0) is 27.9 Å². The Kier molecular flexibility index (Phi) is 5.11. The second-order valence-electron chi connectivity index (χ2n) is 4.53. The molecule has 0 aliphatic carbocycles. The van der Waals surface area contributed by atoms with Gasteiger partial charge in [-0.2, -0.15) is 5.01 Å². The van der Waals surface area contributed by atoms with Crippen LogP contribution < -0.4 is 10.7 Å². The van der Waals surface area contributed by atoms with Crippen molar-refractivity contribution < 1.29 is 4.92 Å². The van der Waals surface area contributed by atoms with Crippen molar-refractivity contribution in [3.05, 3.63) is 56.3 Å². The lowest BCUT2D eigenvalue weighted by Crippen LogP contribution is -2.48. The van der Waals surface area contributed by atoms with Gasteiger partial charge in [-0.1, -0.05) is 37.3 Å². The first kappa shape index (κ1) is 15.0. The highest BCUT2D eigenvalue weighted by Gasteiger charge is 2.39. The highest BCUT2D eigenvalue weighted by Crippen LogP contribution is 2.23. The quantitative estimate of drug-likeness (QED) is 0.471. The van der Waals surface area contributed by atoms with Crippen LogP contribution >= 0.6 is 15.9 Å². The van der Waals surface area contributed by atoms with E-state index in [0.717, 1.165) is 18.5 Å². The largest absolute Gasteiger partial charge is 0.310 e. The molecular weight excluding hydrogens is 324 g/mol. The monoisotopic (exact) mass is 340 g/mol. The molecule has 2 N–H and O–H groups in total. The van der Waals surface area contributed by atoms with Gasteiger partial charge in [-0.25, -0.2) is 0 Å². The van der Waals surface area contributed by atoms with Crippen molar-refractivity contribution in [2.45, 2.75) is 26.1 Å². The van der Waals surface area contributed by atoms with E-state index in [2.05, 4.69) is 26.7 Å². The van der Waals surface area contributed by atoms with Crippen molar-refractivity contribution in [2.24, 2.45) is 0 Å². The summed E-state index contributed by atoms with van der Waals surface area (Å²) in [5.74, 6) is 0. The predicted molar refractivity (Wildman–Crippen MR) is 80.1 cm³/mol.